The maximum Gasteiger partial charge on any atom is 0.393 e. The van der Waals surface area contributed by atoms with Gasteiger partial charge in [-0.2, -0.15) is 13.2 Å². The predicted octanol–water partition coefficient (Wildman–Crippen LogP) is 2.63. The van der Waals surface area contributed by atoms with E-state index in [1.165, 1.54) is 18.2 Å². The van der Waals surface area contributed by atoms with Crippen LogP contribution in [0, 0.1) is 0 Å². The summed E-state index contributed by atoms with van der Waals surface area (Å²) in [4.78, 5) is 13.5. The lowest BCUT2D eigenvalue weighted by Gasteiger charge is -2.08. The van der Waals surface area contributed by atoms with Crippen molar-refractivity contribution in [3.05, 3.63) is 46.2 Å². The zero-order valence-corrected chi connectivity index (χ0v) is 8.14. The first kappa shape index (κ1) is 10.7. The molecule has 0 aliphatic rings. The van der Waals surface area contributed by atoms with Gasteiger partial charge in [0.1, 0.15) is 0 Å². The Morgan fingerprint density at radius 2 is 1.88 bits per heavy atom. The molecule has 0 unspecified atom stereocenters. The van der Waals surface area contributed by atoms with E-state index in [0.29, 0.717) is 5.39 Å². The van der Waals surface area contributed by atoms with Gasteiger partial charge in [0.2, 0.25) is 5.56 Å². The summed E-state index contributed by atoms with van der Waals surface area (Å²) in [5.74, 6) is 0. The van der Waals surface area contributed by atoms with Gasteiger partial charge in [-0.3, -0.25) is 4.79 Å². The van der Waals surface area contributed by atoms with Crippen molar-refractivity contribution in [2.75, 3.05) is 0 Å². The van der Waals surface area contributed by atoms with E-state index < -0.39 is 18.2 Å². The van der Waals surface area contributed by atoms with Crippen LogP contribution in [-0.2, 0) is 6.42 Å². The van der Waals surface area contributed by atoms with Crippen LogP contribution in [0.25, 0.3) is 10.9 Å². The smallest absolute Gasteiger partial charge is 0.322 e. The van der Waals surface area contributed by atoms with Crippen LogP contribution in [0.2, 0.25) is 0 Å². The first-order valence-corrected chi connectivity index (χ1v) is 4.63. The van der Waals surface area contributed by atoms with E-state index in [1.54, 1.807) is 12.1 Å². The van der Waals surface area contributed by atoms with Gasteiger partial charge < -0.3 is 4.98 Å². The number of rotatable bonds is 1. The van der Waals surface area contributed by atoms with Crippen LogP contribution in [0.3, 0.4) is 0 Å². The summed E-state index contributed by atoms with van der Waals surface area (Å²) >= 11 is 0. The molecule has 0 aliphatic carbocycles. The monoisotopic (exact) mass is 227 g/mol. The number of H-pyrrole nitrogens is 1. The van der Waals surface area contributed by atoms with E-state index in [2.05, 4.69) is 4.98 Å². The van der Waals surface area contributed by atoms with Gasteiger partial charge in [0.25, 0.3) is 0 Å². The highest BCUT2D eigenvalue weighted by Gasteiger charge is 2.28. The van der Waals surface area contributed by atoms with Gasteiger partial charge in [-0.05, 0) is 17.0 Å². The van der Waals surface area contributed by atoms with Gasteiger partial charge in [0.05, 0.1) is 11.9 Å². The van der Waals surface area contributed by atoms with Crippen molar-refractivity contribution < 1.29 is 13.2 Å². The molecule has 1 N–H and O–H groups in total. The van der Waals surface area contributed by atoms with E-state index in [1.807, 2.05) is 0 Å². The molecule has 0 fully saturated rings. The minimum absolute atomic E-state index is 0.0858. The highest BCUT2D eigenvalue weighted by atomic mass is 19.4. The lowest BCUT2D eigenvalue weighted by molar-refractivity contribution is -0.127. The first-order valence-electron chi connectivity index (χ1n) is 4.63. The number of benzene rings is 1. The highest BCUT2D eigenvalue weighted by Crippen LogP contribution is 2.24. The molecular weight excluding hydrogens is 219 g/mol. The standard InChI is InChI=1S/C11H8F3NO/c12-11(13,14)6-8-3-1-2-7-4-5-9(16)15-10(7)8/h1-5H,6H2,(H,15,16). The second kappa shape index (κ2) is 3.66. The summed E-state index contributed by atoms with van der Waals surface area (Å²) in [6, 6.07) is 7.37. The van der Waals surface area contributed by atoms with E-state index >= 15 is 0 Å². The lowest BCUT2D eigenvalue weighted by atomic mass is 10.1. The Morgan fingerprint density at radius 3 is 2.56 bits per heavy atom. The van der Waals surface area contributed by atoms with Gasteiger partial charge in [0, 0.05) is 6.07 Å². The van der Waals surface area contributed by atoms with Crippen LogP contribution in [0.5, 0.6) is 0 Å². The first-order chi connectivity index (χ1) is 7.46. The van der Waals surface area contributed by atoms with E-state index in [0.717, 1.165) is 0 Å². The molecule has 5 heteroatoms. The molecule has 0 bridgehead atoms. The number of aromatic amines is 1. The predicted molar refractivity (Wildman–Crippen MR) is 54.3 cm³/mol. The molecule has 1 heterocycles. The molecule has 2 nitrogen and oxygen atoms in total. The average Bonchev–Trinajstić information content (AvgIpc) is 2.17. The number of hydrogen-bond donors (Lipinski definition) is 1. The molecule has 0 amide bonds. The molecule has 16 heavy (non-hydrogen) atoms. The third kappa shape index (κ3) is 2.24. The third-order valence-electron chi connectivity index (χ3n) is 2.24. The normalized spacial score (nSPS) is 11.9. The molecule has 1 aromatic carbocycles. The van der Waals surface area contributed by atoms with Gasteiger partial charge >= 0.3 is 6.18 Å². The summed E-state index contributed by atoms with van der Waals surface area (Å²) in [6.45, 7) is 0. The largest absolute Gasteiger partial charge is 0.393 e. The van der Waals surface area contributed by atoms with E-state index in [4.69, 9.17) is 0 Å². The Labute approximate surface area is 88.7 Å². The van der Waals surface area contributed by atoms with Crippen LogP contribution in [0.15, 0.2) is 35.1 Å². The summed E-state index contributed by atoms with van der Waals surface area (Å²) in [5, 5.41) is 0.598. The van der Waals surface area contributed by atoms with Gasteiger partial charge in [-0.25, -0.2) is 0 Å². The van der Waals surface area contributed by atoms with Gasteiger partial charge in [0.15, 0.2) is 0 Å². The Kier molecular flexibility index (Phi) is 2.46. The molecule has 2 aromatic rings. The fraction of sp³-hybridized carbons (Fsp3) is 0.182. The number of alkyl halides is 3. The fourth-order valence-corrected chi connectivity index (χ4v) is 1.60. The Balaban J connectivity index is 2.61. The van der Waals surface area contributed by atoms with Crippen molar-refractivity contribution in [3.63, 3.8) is 0 Å². The third-order valence-corrected chi connectivity index (χ3v) is 2.24. The second-order valence-electron chi connectivity index (χ2n) is 3.50. The van der Waals surface area contributed by atoms with Crippen LogP contribution in [0.1, 0.15) is 5.56 Å². The van der Waals surface area contributed by atoms with Crippen molar-refractivity contribution in [3.8, 4) is 0 Å². The number of aromatic nitrogens is 1. The lowest BCUT2D eigenvalue weighted by Crippen LogP contribution is -2.13. The minimum Gasteiger partial charge on any atom is -0.322 e. The highest BCUT2D eigenvalue weighted by molar-refractivity contribution is 5.81. The number of para-hydroxylation sites is 1. The van der Waals surface area contributed by atoms with Crippen LogP contribution in [-0.4, -0.2) is 11.2 Å². The van der Waals surface area contributed by atoms with Crippen molar-refractivity contribution >= 4 is 10.9 Å². The molecule has 0 aliphatic heterocycles. The number of halogens is 3. The number of fused-ring (bicyclic) bond motifs is 1. The number of nitrogens with one attached hydrogen (secondary N) is 1. The molecule has 84 valence electrons. The fourth-order valence-electron chi connectivity index (χ4n) is 1.60. The van der Waals surface area contributed by atoms with Crippen molar-refractivity contribution in [2.45, 2.75) is 12.6 Å². The van der Waals surface area contributed by atoms with Crippen LogP contribution >= 0.6 is 0 Å². The second-order valence-corrected chi connectivity index (χ2v) is 3.50. The van der Waals surface area contributed by atoms with Crippen molar-refractivity contribution in [2.24, 2.45) is 0 Å². The zero-order chi connectivity index (χ0) is 11.8. The summed E-state index contributed by atoms with van der Waals surface area (Å²) in [7, 11) is 0. The summed E-state index contributed by atoms with van der Waals surface area (Å²) in [5.41, 5.74) is -0.0582. The average molecular weight is 227 g/mol. The molecule has 0 saturated heterocycles. The minimum atomic E-state index is -4.28. The maximum absolute atomic E-state index is 12.3. The molecule has 0 radical (unpaired) electrons. The molecule has 1 aromatic heterocycles. The molecule has 0 spiro atoms. The number of hydrogen-bond acceptors (Lipinski definition) is 1. The van der Waals surface area contributed by atoms with E-state index in [9.17, 15) is 18.0 Å². The Hall–Kier alpha value is -1.78. The Bertz CT molecular complexity index is 571. The van der Waals surface area contributed by atoms with E-state index in [-0.39, 0.29) is 11.1 Å². The molecule has 2 rings (SSSR count). The van der Waals surface area contributed by atoms with Crippen molar-refractivity contribution in [1.29, 1.82) is 0 Å². The molecule has 0 saturated carbocycles. The van der Waals surface area contributed by atoms with Gasteiger partial charge in [-0.15, -0.1) is 0 Å². The quantitative estimate of drug-likeness (QED) is 0.798. The summed E-state index contributed by atoms with van der Waals surface area (Å²) < 4.78 is 36.8. The van der Waals surface area contributed by atoms with Crippen LogP contribution in [0.4, 0.5) is 13.2 Å². The Morgan fingerprint density at radius 1 is 1.12 bits per heavy atom. The van der Waals surface area contributed by atoms with Crippen molar-refractivity contribution in [1.82, 2.24) is 4.98 Å². The maximum atomic E-state index is 12.3. The zero-order valence-electron chi connectivity index (χ0n) is 8.14. The van der Waals surface area contributed by atoms with Crippen LogP contribution < -0.4 is 5.56 Å². The van der Waals surface area contributed by atoms with Gasteiger partial charge in [-0.1, -0.05) is 18.2 Å². The number of pyridine rings is 1. The topological polar surface area (TPSA) is 32.9 Å². The molecule has 0 atom stereocenters. The SMILES string of the molecule is O=c1ccc2cccc(CC(F)(F)F)c2[nH]1. The summed E-state index contributed by atoms with van der Waals surface area (Å²) in [6.07, 6.45) is -5.31. The molecular formula is C11H8F3NO.